The van der Waals surface area contributed by atoms with Crippen molar-refractivity contribution in [3.05, 3.63) is 47.0 Å². The van der Waals surface area contributed by atoms with E-state index in [-0.39, 0.29) is 17.8 Å². The molecule has 0 saturated heterocycles. The van der Waals surface area contributed by atoms with Gasteiger partial charge in [0.2, 0.25) is 0 Å². The molecule has 0 N–H and O–H groups in total. The summed E-state index contributed by atoms with van der Waals surface area (Å²) in [6, 6.07) is 5.38. The second-order valence-corrected chi connectivity index (χ2v) is 6.77. The second kappa shape index (κ2) is 6.55. The van der Waals surface area contributed by atoms with Crippen molar-refractivity contribution in [1.29, 1.82) is 0 Å². The molecule has 1 aromatic carbocycles. The molecule has 1 aliphatic carbocycles. The predicted octanol–water partition coefficient (Wildman–Crippen LogP) is 2.21. The Morgan fingerprint density at radius 3 is 2.76 bits per heavy atom. The Morgan fingerprint density at radius 2 is 2.08 bits per heavy atom. The number of carbonyl (C=O) groups excluding carboxylic acids is 1. The zero-order valence-corrected chi connectivity index (χ0v) is 14.2. The minimum Gasteiger partial charge on any atom is -0.382 e. The van der Waals surface area contributed by atoms with Crippen molar-refractivity contribution < 1.29 is 13.9 Å². The molecule has 1 amide bonds. The molecular weight excluding hydrogens is 323 g/mol. The zero-order valence-electron chi connectivity index (χ0n) is 14.2. The van der Waals surface area contributed by atoms with Crippen molar-refractivity contribution in [2.45, 2.75) is 31.8 Å². The lowest BCUT2D eigenvalue weighted by Crippen LogP contribution is -2.42. The number of hydrogen-bond acceptors (Lipinski definition) is 4. The predicted molar refractivity (Wildman–Crippen MR) is 88.5 cm³/mol. The van der Waals surface area contributed by atoms with Crippen LogP contribution in [0, 0.1) is 11.7 Å². The van der Waals surface area contributed by atoms with Gasteiger partial charge in [-0.15, -0.1) is 5.10 Å². The molecule has 1 aromatic heterocycles. The summed E-state index contributed by atoms with van der Waals surface area (Å²) < 4.78 is 20.5. The van der Waals surface area contributed by atoms with Crippen molar-refractivity contribution in [1.82, 2.24) is 19.9 Å². The number of nitrogens with zero attached hydrogens (tertiary/aromatic N) is 4. The molecule has 132 valence electrons. The summed E-state index contributed by atoms with van der Waals surface area (Å²) >= 11 is 0. The van der Waals surface area contributed by atoms with Crippen LogP contribution in [0.15, 0.2) is 24.3 Å². The first-order valence-corrected chi connectivity index (χ1v) is 8.65. The quantitative estimate of drug-likeness (QED) is 0.834. The topological polar surface area (TPSA) is 60.3 Å². The van der Waals surface area contributed by atoms with Crippen molar-refractivity contribution in [2.75, 3.05) is 20.3 Å². The number of rotatable bonds is 5. The van der Waals surface area contributed by atoms with Crippen LogP contribution < -0.4 is 0 Å². The van der Waals surface area contributed by atoms with Crippen LogP contribution in [0.5, 0.6) is 0 Å². The van der Waals surface area contributed by atoms with Crippen LogP contribution in [0.3, 0.4) is 0 Å². The molecule has 0 radical (unpaired) electrons. The van der Waals surface area contributed by atoms with Gasteiger partial charge in [0.1, 0.15) is 17.6 Å². The highest BCUT2D eigenvalue weighted by Crippen LogP contribution is 2.34. The maximum Gasteiger partial charge on any atom is 0.254 e. The van der Waals surface area contributed by atoms with Gasteiger partial charge in [-0.05, 0) is 43.0 Å². The Kier molecular flexibility index (Phi) is 4.25. The van der Waals surface area contributed by atoms with Gasteiger partial charge in [-0.1, -0.05) is 5.21 Å². The van der Waals surface area contributed by atoms with E-state index in [9.17, 15) is 9.18 Å². The summed E-state index contributed by atoms with van der Waals surface area (Å²) in [6.07, 6.45) is 3.23. The molecule has 1 aliphatic heterocycles. The lowest BCUT2D eigenvalue weighted by Gasteiger charge is -2.34. The summed E-state index contributed by atoms with van der Waals surface area (Å²) in [6.45, 7) is 1.85. The average Bonchev–Trinajstić information content (AvgIpc) is 3.34. The molecule has 2 aliphatic rings. The van der Waals surface area contributed by atoms with E-state index in [0.29, 0.717) is 24.6 Å². The van der Waals surface area contributed by atoms with E-state index < -0.39 is 0 Å². The summed E-state index contributed by atoms with van der Waals surface area (Å²) in [5.41, 5.74) is 2.40. The van der Waals surface area contributed by atoms with E-state index in [4.69, 9.17) is 4.74 Å². The lowest BCUT2D eigenvalue weighted by atomic mass is 10.0. The van der Waals surface area contributed by atoms with Gasteiger partial charge in [-0.25, -0.2) is 9.07 Å². The van der Waals surface area contributed by atoms with E-state index >= 15 is 0 Å². The number of halogens is 1. The van der Waals surface area contributed by atoms with Crippen molar-refractivity contribution >= 4 is 5.91 Å². The maximum absolute atomic E-state index is 13.1. The Bertz CT molecular complexity index is 770. The van der Waals surface area contributed by atoms with Crippen LogP contribution >= 0.6 is 0 Å². The highest BCUT2D eigenvalue weighted by atomic mass is 19.1. The van der Waals surface area contributed by atoms with Crippen LogP contribution in [0.25, 0.3) is 0 Å². The molecule has 1 saturated carbocycles. The number of hydrogen-bond donors (Lipinski definition) is 0. The number of amides is 1. The first-order valence-electron chi connectivity index (χ1n) is 8.65. The SMILES string of the molecule is COC[C@H]1c2nnn(CC3CC3)c2CCN1C(=O)c1ccc(F)cc1. The van der Waals surface area contributed by atoms with Crippen molar-refractivity contribution in [3.63, 3.8) is 0 Å². The minimum atomic E-state index is -0.353. The standard InChI is InChI=1S/C18H21FN4O2/c1-25-11-16-17-15(23(21-20-17)10-12-2-3-12)8-9-22(16)18(24)13-4-6-14(19)7-5-13/h4-7,12,16H,2-3,8-11H2,1H3/t16-/m0/s1. The molecule has 6 nitrogen and oxygen atoms in total. The number of methoxy groups -OCH3 is 1. The average molecular weight is 344 g/mol. The van der Waals surface area contributed by atoms with E-state index in [1.807, 2.05) is 4.68 Å². The van der Waals surface area contributed by atoms with E-state index in [0.717, 1.165) is 24.4 Å². The normalized spacial score (nSPS) is 19.8. The molecule has 7 heteroatoms. The summed E-state index contributed by atoms with van der Waals surface area (Å²) in [4.78, 5) is 14.7. The Labute approximate surface area is 145 Å². The van der Waals surface area contributed by atoms with Gasteiger partial charge in [-0.2, -0.15) is 0 Å². The molecule has 4 rings (SSSR count). The Hall–Kier alpha value is -2.28. The van der Waals surface area contributed by atoms with Crippen molar-refractivity contribution in [2.24, 2.45) is 5.92 Å². The van der Waals surface area contributed by atoms with Gasteiger partial charge >= 0.3 is 0 Å². The highest BCUT2D eigenvalue weighted by Gasteiger charge is 2.36. The fourth-order valence-corrected chi connectivity index (χ4v) is 3.41. The molecule has 25 heavy (non-hydrogen) atoms. The van der Waals surface area contributed by atoms with Crippen molar-refractivity contribution in [3.8, 4) is 0 Å². The van der Waals surface area contributed by atoms with Crippen LogP contribution in [0.2, 0.25) is 0 Å². The molecule has 0 bridgehead atoms. The third-order valence-electron chi connectivity index (χ3n) is 4.95. The third kappa shape index (κ3) is 3.16. The van der Waals surface area contributed by atoms with Crippen LogP contribution in [0.1, 0.15) is 40.6 Å². The first kappa shape index (κ1) is 16.2. The molecule has 1 atom stereocenters. The van der Waals surface area contributed by atoms with E-state index in [1.54, 1.807) is 12.0 Å². The van der Waals surface area contributed by atoms with Gasteiger partial charge < -0.3 is 9.64 Å². The zero-order chi connectivity index (χ0) is 17.4. The lowest BCUT2D eigenvalue weighted by molar-refractivity contribution is 0.0490. The summed E-state index contributed by atoms with van der Waals surface area (Å²) in [5.74, 6) is 0.226. The Morgan fingerprint density at radius 1 is 1.32 bits per heavy atom. The Balaban J connectivity index is 1.61. The van der Waals surface area contributed by atoms with Crippen LogP contribution in [-0.4, -0.2) is 46.1 Å². The number of aromatic nitrogens is 3. The number of fused-ring (bicyclic) bond motifs is 1. The maximum atomic E-state index is 13.1. The van der Waals surface area contributed by atoms with Gasteiger partial charge in [0.15, 0.2) is 0 Å². The number of benzene rings is 1. The monoisotopic (exact) mass is 344 g/mol. The van der Waals surface area contributed by atoms with Crippen LogP contribution in [-0.2, 0) is 17.7 Å². The first-order chi connectivity index (χ1) is 12.2. The molecule has 2 aromatic rings. The van der Waals surface area contributed by atoms with Gasteiger partial charge in [0.05, 0.1) is 12.3 Å². The van der Waals surface area contributed by atoms with E-state index in [1.165, 1.54) is 37.1 Å². The van der Waals surface area contributed by atoms with E-state index in [2.05, 4.69) is 10.3 Å². The molecule has 0 spiro atoms. The summed E-state index contributed by atoms with van der Waals surface area (Å²) in [7, 11) is 1.61. The highest BCUT2D eigenvalue weighted by molar-refractivity contribution is 5.94. The third-order valence-corrected chi connectivity index (χ3v) is 4.95. The fourth-order valence-electron chi connectivity index (χ4n) is 3.41. The van der Waals surface area contributed by atoms with Gasteiger partial charge in [0.25, 0.3) is 5.91 Å². The smallest absolute Gasteiger partial charge is 0.254 e. The number of carbonyl (C=O) groups is 1. The van der Waals surface area contributed by atoms with Gasteiger partial charge in [-0.3, -0.25) is 4.79 Å². The fraction of sp³-hybridized carbons (Fsp3) is 0.500. The molecule has 1 fully saturated rings. The largest absolute Gasteiger partial charge is 0.382 e. The number of ether oxygens (including phenoxy) is 1. The molecular formula is C18H21FN4O2. The van der Waals surface area contributed by atoms with Crippen LogP contribution in [0.4, 0.5) is 4.39 Å². The summed E-state index contributed by atoms with van der Waals surface area (Å²) in [5, 5.41) is 8.67. The van der Waals surface area contributed by atoms with Gasteiger partial charge in [0, 0.05) is 32.2 Å². The molecule has 2 heterocycles. The second-order valence-electron chi connectivity index (χ2n) is 6.77. The minimum absolute atomic E-state index is 0.135. The molecule has 0 unspecified atom stereocenters.